The molecule has 1 saturated heterocycles. The third-order valence-electron chi connectivity index (χ3n) is 4.50. The minimum atomic E-state index is -0.294. The molecular weight excluding hydrogens is 216 g/mol. The van der Waals surface area contributed by atoms with Gasteiger partial charge in [-0.05, 0) is 25.7 Å². The lowest BCUT2D eigenvalue weighted by molar-refractivity contribution is -0.150. The lowest BCUT2D eigenvalue weighted by atomic mass is 9.67. The second-order valence-electron chi connectivity index (χ2n) is 5.52. The number of rotatable bonds is 3. The van der Waals surface area contributed by atoms with Gasteiger partial charge < -0.3 is 15.7 Å². The van der Waals surface area contributed by atoms with Gasteiger partial charge in [-0.2, -0.15) is 0 Å². The largest absolute Gasteiger partial charge is 0.394 e. The second-order valence-corrected chi connectivity index (χ2v) is 5.52. The molecule has 1 amide bonds. The van der Waals surface area contributed by atoms with Crippen molar-refractivity contribution in [2.75, 3.05) is 19.7 Å². The van der Waals surface area contributed by atoms with E-state index in [1.54, 1.807) is 0 Å². The fourth-order valence-corrected chi connectivity index (χ4v) is 3.05. The lowest BCUT2D eigenvalue weighted by Crippen LogP contribution is -2.55. The highest BCUT2D eigenvalue weighted by molar-refractivity contribution is 5.84. The van der Waals surface area contributed by atoms with E-state index in [-0.39, 0.29) is 24.0 Å². The molecule has 17 heavy (non-hydrogen) atoms. The predicted molar refractivity (Wildman–Crippen MR) is 66.4 cm³/mol. The Morgan fingerprint density at radius 2 is 2.06 bits per heavy atom. The Hall–Kier alpha value is -0.610. The van der Waals surface area contributed by atoms with E-state index < -0.39 is 0 Å². The van der Waals surface area contributed by atoms with Crippen molar-refractivity contribution in [3.05, 3.63) is 0 Å². The van der Waals surface area contributed by atoms with Crippen LogP contribution in [0, 0.1) is 5.41 Å². The molecule has 2 fully saturated rings. The van der Waals surface area contributed by atoms with E-state index in [0.29, 0.717) is 6.54 Å². The van der Waals surface area contributed by atoms with E-state index in [4.69, 9.17) is 5.73 Å². The number of carbonyl (C=O) groups is 1. The third-order valence-corrected chi connectivity index (χ3v) is 4.50. The van der Waals surface area contributed by atoms with Gasteiger partial charge in [-0.1, -0.05) is 19.3 Å². The molecule has 0 bridgehead atoms. The lowest BCUT2D eigenvalue weighted by Gasteiger charge is -2.44. The van der Waals surface area contributed by atoms with E-state index in [1.807, 2.05) is 4.90 Å². The summed E-state index contributed by atoms with van der Waals surface area (Å²) < 4.78 is 0. The highest BCUT2D eigenvalue weighted by Crippen LogP contribution is 2.42. The zero-order valence-corrected chi connectivity index (χ0v) is 10.5. The van der Waals surface area contributed by atoms with E-state index >= 15 is 0 Å². The van der Waals surface area contributed by atoms with E-state index in [9.17, 15) is 9.90 Å². The normalized spacial score (nSPS) is 28.4. The summed E-state index contributed by atoms with van der Waals surface area (Å²) >= 11 is 0. The van der Waals surface area contributed by atoms with Gasteiger partial charge in [0, 0.05) is 13.1 Å². The van der Waals surface area contributed by atoms with Gasteiger partial charge >= 0.3 is 0 Å². The summed E-state index contributed by atoms with van der Waals surface area (Å²) in [4.78, 5) is 14.5. The number of aliphatic hydroxyl groups excluding tert-OH is 1. The standard InChI is InChI=1S/C13H24N2O2/c14-10-13(6-4-7-13)12(17)15-8-3-1-2-5-11(15)9-16/h11,16H,1-10,14H2. The zero-order valence-electron chi connectivity index (χ0n) is 10.5. The minimum Gasteiger partial charge on any atom is -0.394 e. The molecule has 1 saturated carbocycles. The number of amides is 1. The van der Waals surface area contributed by atoms with Crippen LogP contribution in [0.5, 0.6) is 0 Å². The van der Waals surface area contributed by atoms with Crippen molar-refractivity contribution in [1.29, 1.82) is 0 Å². The van der Waals surface area contributed by atoms with Crippen LogP contribution < -0.4 is 5.73 Å². The summed E-state index contributed by atoms with van der Waals surface area (Å²) in [5.74, 6) is 0.201. The van der Waals surface area contributed by atoms with Gasteiger partial charge in [-0.15, -0.1) is 0 Å². The highest BCUT2D eigenvalue weighted by Gasteiger charge is 2.46. The fraction of sp³-hybridized carbons (Fsp3) is 0.923. The first-order valence-corrected chi connectivity index (χ1v) is 6.85. The quantitative estimate of drug-likeness (QED) is 0.769. The summed E-state index contributed by atoms with van der Waals surface area (Å²) in [5.41, 5.74) is 5.50. The smallest absolute Gasteiger partial charge is 0.230 e. The molecule has 4 heteroatoms. The molecule has 1 atom stereocenters. The number of hydrogen-bond donors (Lipinski definition) is 2. The van der Waals surface area contributed by atoms with Gasteiger partial charge in [0.05, 0.1) is 18.1 Å². The second kappa shape index (κ2) is 5.36. The summed E-state index contributed by atoms with van der Waals surface area (Å²) in [6.45, 7) is 1.35. The number of nitrogens with zero attached hydrogens (tertiary/aromatic N) is 1. The van der Waals surface area contributed by atoms with Crippen LogP contribution in [0.3, 0.4) is 0 Å². The third kappa shape index (κ3) is 2.33. The monoisotopic (exact) mass is 240 g/mol. The number of hydrogen-bond acceptors (Lipinski definition) is 3. The average molecular weight is 240 g/mol. The molecule has 3 N–H and O–H groups in total. The molecule has 0 spiro atoms. The zero-order chi connectivity index (χ0) is 12.3. The van der Waals surface area contributed by atoms with Crippen LogP contribution in [0.25, 0.3) is 0 Å². The molecule has 4 nitrogen and oxygen atoms in total. The van der Waals surface area contributed by atoms with Crippen molar-refractivity contribution >= 4 is 5.91 Å². The van der Waals surface area contributed by atoms with Crippen molar-refractivity contribution in [1.82, 2.24) is 4.90 Å². The average Bonchev–Trinajstić information content (AvgIpc) is 2.52. The predicted octanol–water partition coefficient (Wildman–Crippen LogP) is 0.879. The first-order valence-electron chi connectivity index (χ1n) is 6.85. The Kier molecular flexibility index (Phi) is 4.05. The van der Waals surface area contributed by atoms with Crippen LogP contribution in [0.4, 0.5) is 0 Å². The maximum absolute atomic E-state index is 12.6. The minimum absolute atomic E-state index is 0.0222. The van der Waals surface area contributed by atoms with Crippen molar-refractivity contribution in [2.24, 2.45) is 11.1 Å². The van der Waals surface area contributed by atoms with Crippen molar-refractivity contribution in [3.63, 3.8) is 0 Å². The van der Waals surface area contributed by atoms with Crippen LogP contribution in [-0.2, 0) is 4.79 Å². The summed E-state index contributed by atoms with van der Waals surface area (Å²) in [6.07, 6.45) is 7.24. The van der Waals surface area contributed by atoms with Crippen LogP contribution >= 0.6 is 0 Å². The molecule has 1 aliphatic carbocycles. The molecule has 0 aromatic carbocycles. The fourth-order valence-electron chi connectivity index (χ4n) is 3.05. The maximum atomic E-state index is 12.6. The van der Waals surface area contributed by atoms with E-state index in [2.05, 4.69) is 0 Å². The highest BCUT2D eigenvalue weighted by atomic mass is 16.3. The molecule has 1 aliphatic heterocycles. The molecule has 0 aromatic heterocycles. The molecule has 1 unspecified atom stereocenters. The summed E-state index contributed by atoms with van der Waals surface area (Å²) in [6, 6.07) is 0.0222. The Balaban J connectivity index is 2.09. The van der Waals surface area contributed by atoms with Gasteiger partial charge in [0.25, 0.3) is 0 Å². The Bertz CT molecular complexity index is 271. The molecule has 2 aliphatic rings. The number of likely N-dealkylation sites (tertiary alicyclic amines) is 1. The summed E-state index contributed by atoms with van der Waals surface area (Å²) in [7, 11) is 0. The van der Waals surface area contributed by atoms with Crippen molar-refractivity contribution < 1.29 is 9.90 Å². The molecule has 0 aromatic rings. The van der Waals surface area contributed by atoms with Crippen LogP contribution in [-0.4, -0.2) is 41.7 Å². The van der Waals surface area contributed by atoms with Gasteiger partial charge in [0.15, 0.2) is 0 Å². The topological polar surface area (TPSA) is 66.6 Å². The molecule has 0 radical (unpaired) electrons. The van der Waals surface area contributed by atoms with Crippen molar-refractivity contribution in [2.45, 2.75) is 51.0 Å². The van der Waals surface area contributed by atoms with Gasteiger partial charge in [-0.3, -0.25) is 4.79 Å². The Labute approximate surface area is 103 Å². The van der Waals surface area contributed by atoms with E-state index in [1.165, 1.54) is 0 Å². The number of carbonyl (C=O) groups excluding carboxylic acids is 1. The van der Waals surface area contributed by atoms with Gasteiger partial charge in [0.2, 0.25) is 5.91 Å². The Morgan fingerprint density at radius 1 is 1.29 bits per heavy atom. The van der Waals surface area contributed by atoms with Crippen LogP contribution in [0.2, 0.25) is 0 Å². The number of aliphatic hydroxyl groups is 1. The van der Waals surface area contributed by atoms with Crippen molar-refractivity contribution in [3.8, 4) is 0 Å². The molecule has 2 rings (SSSR count). The first kappa shape index (κ1) is 12.8. The van der Waals surface area contributed by atoms with Gasteiger partial charge in [-0.25, -0.2) is 0 Å². The number of nitrogens with two attached hydrogens (primary N) is 1. The SMILES string of the molecule is NCC1(C(=O)N2CCCCCC2CO)CCC1. The first-order chi connectivity index (χ1) is 8.23. The van der Waals surface area contributed by atoms with E-state index in [0.717, 1.165) is 51.5 Å². The molecule has 98 valence electrons. The Morgan fingerprint density at radius 3 is 2.59 bits per heavy atom. The molecule has 1 heterocycles. The maximum Gasteiger partial charge on any atom is 0.230 e. The van der Waals surface area contributed by atoms with Crippen LogP contribution in [0.15, 0.2) is 0 Å². The van der Waals surface area contributed by atoms with Crippen LogP contribution in [0.1, 0.15) is 44.9 Å². The van der Waals surface area contributed by atoms with Gasteiger partial charge in [0.1, 0.15) is 0 Å². The summed E-state index contributed by atoms with van der Waals surface area (Å²) in [5, 5.41) is 9.44. The molecular formula is C13H24N2O2.